The number of carboxylic acid groups (broad SMARTS) is 1. The number of carboxylic acids is 1. The number of amides is 1. The SMILES string of the molecule is O=C(O)C1CCCC1C(=O)N1CCCCC1CO. The molecule has 0 aromatic carbocycles. The second kappa shape index (κ2) is 5.69. The fourth-order valence-corrected chi connectivity index (χ4v) is 3.24. The van der Waals surface area contributed by atoms with Gasteiger partial charge in [-0.1, -0.05) is 6.42 Å². The molecule has 2 fully saturated rings. The predicted molar refractivity (Wildman–Crippen MR) is 64.9 cm³/mol. The van der Waals surface area contributed by atoms with Crippen molar-refractivity contribution in [3.8, 4) is 0 Å². The number of nitrogens with zero attached hydrogens (tertiary/aromatic N) is 1. The first-order chi connectivity index (χ1) is 8.65. The van der Waals surface area contributed by atoms with E-state index in [4.69, 9.17) is 5.11 Å². The quantitative estimate of drug-likeness (QED) is 0.784. The number of carbonyl (C=O) groups is 2. The van der Waals surface area contributed by atoms with Gasteiger partial charge in [0.2, 0.25) is 5.91 Å². The molecule has 0 radical (unpaired) electrons. The van der Waals surface area contributed by atoms with Crippen molar-refractivity contribution < 1.29 is 19.8 Å². The van der Waals surface area contributed by atoms with Gasteiger partial charge in [0.1, 0.15) is 0 Å². The molecule has 1 heterocycles. The zero-order chi connectivity index (χ0) is 13.1. The number of carbonyl (C=O) groups excluding carboxylic acids is 1. The third-order valence-electron chi connectivity index (χ3n) is 4.27. The summed E-state index contributed by atoms with van der Waals surface area (Å²) in [6.07, 6.45) is 4.89. The summed E-state index contributed by atoms with van der Waals surface area (Å²) in [5, 5.41) is 18.5. The Bertz CT molecular complexity index is 331. The standard InChI is InChI=1S/C13H21NO4/c15-8-9-4-1-2-7-14(9)12(16)10-5-3-6-11(10)13(17)18/h9-11,15H,1-8H2,(H,17,18). The lowest BCUT2D eigenvalue weighted by Crippen LogP contribution is -2.49. The summed E-state index contributed by atoms with van der Waals surface area (Å²) in [7, 11) is 0. The molecule has 5 nitrogen and oxygen atoms in total. The maximum absolute atomic E-state index is 12.4. The number of piperidine rings is 1. The van der Waals surface area contributed by atoms with Crippen LogP contribution in [0.2, 0.25) is 0 Å². The van der Waals surface area contributed by atoms with Crippen LogP contribution in [-0.2, 0) is 9.59 Å². The number of hydrogen-bond acceptors (Lipinski definition) is 3. The van der Waals surface area contributed by atoms with Crippen LogP contribution in [0.1, 0.15) is 38.5 Å². The minimum atomic E-state index is -0.858. The minimum Gasteiger partial charge on any atom is -0.481 e. The van der Waals surface area contributed by atoms with E-state index in [-0.39, 0.29) is 24.5 Å². The molecule has 0 aromatic heterocycles. The predicted octanol–water partition coefficient (Wildman–Crippen LogP) is 0.861. The van der Waals surface area contributed by atoms with E-state index in [1.165, 1.54) is 0 Å². The van der Waals surface area contributed by atoms with Crippen LogP contribution in [0.5, 0.6) is 0 Å². The van der Waals surface area contributed by atoms with Crippen LogP contribution in [0.3, 0.4) is 0 Å². The van der Waals surface area contributed by atoms with Gasteiger partial charge in [0.05, 0.1) is 24.5 Å². The lowest BCUT2D eigenvalue weighted by Gasteiger charge is -2.37. The van der Waals surface area contributed by atoms with Crippen LogP contribution in [0, 0.1) is 11.8 Å². The normalized spacial score (nSPS) is 32.5. The van der Waals surface area contributed by atoms with Gasteiger partial charge in [0, 0.05) is 6.54 Å². The molecule has 2 aliphatic rings. The highest BCUT2D eigenvalue weighted by Crippen LogP contribution is 2.34. The van der Waals surface area contributed by atoms with Crippen LogP contribution >= 0.6 is 0 Å². The maximum atomic E-state index is 12.4. The molecule has 1 saturated heterocycles. The molecule has 1 aliphatic carbocycles. The fourth-order valence-electron chi connectivity index (χ4n) is 3.24. The van der Waals surface area contributed by atoms with E-state index >= 15 is 0 Å². The Balaban J connectivity index is 2.07. The molecule has 3 atom stereocenters. The van der Waals surface area contributed by atoms with Gasteiger partial charge in [-0.05, 0) is 32.1 Å². The van der Waals surface area contributed by atoms with Crippen molar-refractivity contribution in [2.45, 2.75) is 44.6 Å². The lowest BCUT2D eigenvalue weighted by molar-refractivity contribution is -0.151. The number of aliphatic carboxylic acids is 1. The summed E-state index contributed by atoms with van der Waals surface area (Å²) < 4.78 is 0. The molecule has 102 valence electrons. The number of aliphatic hydroxyl groups excluding tert-OH is 1. The average molecular weight is 255 g/mol. The van der Waals surface area contributed by atoms with E-state index in [1.54, 1.807) is 4.90 Å². The van der Waals surface area contributed by atoms with Gasteiger partial charge in [-0.25, -0.2) is 0 Å². The highest BCUT2D eigenvalue weighted by atomic mass is 16.4. The second-order valence-corrected chi connectivity index (χ2v) is 5.35. The van der Waals surface area contributed by atoms with Gasteiger partial charge < -0.3 is 15.1 Å². The molecule has 1 amide bonds. The molecule has 0 aromatic rings. The lowest BCUT2D eigenvalue weighted by atomic mass is 9.92. The third-order valence-corrected chi connectivity index (χ3v) is 4.27. The van der Waals surface area contributed by atoms with Gasteiger partial charge in [-0.15, -0.1) is 0 Å². The van der Waals surface area contributed by atoms with Gasteiger partial charge in [-0.3, -0.25) is 9.59 Å². The average Bonchev–Trinajstić information content (AvgIpc) is 2.87. The summed E-state index contributed by atoms with van der Waals surface area (Å²) >= 11 is 0. The van der Waals surface area contributed by atoms with Crippen LogP contribution in [0.15, 0.2) is 0 Å². The summed E-state index contributed by atoms with van der Waals surface area (Å²) in [4.78, 5) is 25.3. The minimum absolute atomic E-state index is 0.0177. The Morgan fingerprint density at radius 2 is 1.78 bits per heavy atom. The Morgan fingerprint density at radius 1 is 1.06 bits per heavy atom. The third kappa shape index (κ3) is 2.51. The monoisotopic (exact) mass is 255 g/mol. The van der Waals surface area contributed by atoms with E-state index in [0.717, 1.165) is 25.7 Å². The highest BCUT2D eigenvalue weighted by Gasteiger charge is 2.41. The van der Waals surface area contributed by atoms with Crippen LogP contribution in [0.25, 0.3) is 0 Å². The van der Waals surface area contributed by atoms with E-state index in [1.807, 2.05) is 0 Å². The molecule has 0 spiro atoms. The summed E-state index contributed by atoms with van der Waals surface area (Å²) in [6, 6.07) is -0.110. The zero-order valence-corrected chi connectivity index (χ0v) is 10.5. The molecular weight excluding hydrogens is 234 g/mol. The van der Waals surface area contributed by atoms with Gasteiger partial charge in [-0.2, -0.15) is 0 Å². The van der Waals surface area contributed by atoms with Crippen molar-refractivity contribution in [1.29, 1.82) is 0 Å². The van der Waals surface area contributed by atoms with Gasteiger partial charge in [0.15, 0.2) is 0 Å². The summed E-state index contributed by atoms with van der Waals surface area (Å²) in [5.41, 5.74) is 0. The van der Waals surface area contributed by atoms with E-state index in [9.17, 15) is 14.7 Å². The maximum Gasteiger partial charge on any atom is 0.307 e. The van der Waals surface area contributed by atoms with Crippen molar-refractivity contribution >= 4 is 11.9 Å². The Morgan fingerprint density at radius 3 is 2.44 bits per heavy atom. The first-order valence-corrected chi connectivity index (χ1v) is 6.79. The van der Waals surface area contributed by atoms with Crippen molar-refractivity contribution in [1.82, 2.24) is 4.90 Å². The smallest absolute Gasteiger partial charge is 0.307 e. The molecule has 5 heteroatoms. The Labute approximate surface area is 107 Å². The Hall–Kier alpha value is -1.10. The summed E-state index contributed by atoms with van der Waals surface area (Å²) in [5.74, 6) is -1.82. The van der Waals surface area contributed by atoms with Crippen molar-refractivity contribution in [2.75, 3.05) is 13.2 Å². The van der Waals surface area contributed by atoms with E-state index < -0.39 is 11.9 Å². The van der Waals surface area contributed by atoms with Crippen LogP contribution < -0.4 is 0 Å². The van der Waals surface area contributed by atoms with Crippen LogP contribution in [-0.4, -0.2) is 46.2 Å². The fraction of sp³-hybridized carbons (Fsp3) is 0.846. The number of hydrogen-bond donors (Lipinski definition) is 2. The molecule has 18 heavy (non-hydrogen) atoms. The summed E-state index contributed by atoms with van der Waals surface area (Å²) in [6.45, 7) is 0.642. The molecule has 3 unspecified atom stereocenters. The molecular formula is C13H21NO4. The molecule has 1 aliphatic heterocycles. The van der Waals surface area contributed by atoms with E-state index in [2.05, 4.69) is 0 Å². The van der Waals surface area contributed by atoms with E-state index in [0.29, 0.717) is 19.4 Å². The largest absolute Gasteiger partial charge is 0.481 e. The molecule has 0 bridgehead atoms. The first kappa shape index (κ1) is 13.3. The molecule has 1 saturated carbocycles. The topological polar surface area (TPSA) is 77.8 Å². The molecule has 2 N–H and O–H groups in total. The van der Waals surface area contributed by atoms with Gasteiger partial charge in [0.25, 0.3) is 0 Å². The van der Waals surface area contributed by atoms with Crippen LogP contribution in [0.4, 0.5) is 0 Å². The van der Waals surface area contributed by atoms with Crippen molar-refractivity contribution in [3.05, 3.63) is 0 Å². The number of likely N-dealkylation sites (tertiary alicyclic amines) is 1. The zero-order valence-electron chi connectivity index (χ0n) is 10.5. The van der Waals surface area contributed by atoms with Gasteiger partial charge >= 0.3 is 5.97 Å². The Kier molecular flexibility index (Phi) is 4.22. The molecule has 2 rings (SSSR count). The first-order valence-electron chi connectivity index (χ1n) is 6.79. The number of aliphatic hydroxyl groups is 1. The number of rotatable bonds is 3. The van der Waals surface area contributed by atoms with Crippen molar-refractivity contribution in [3.63, 3.8) is 0 Å². The highest BCUT2D eigenvalue weighted by molar-refractivity contribution is 5.85. The van der Waals surface area contributed by atoms with Crippen molar-refractivity contribution in [2.24, 2.45) is 11.8 Å². The second-order valence-electron chi connectivity index (χ2n) is 5.35.